The number of allylic oxidation sites excluding steroid dienone is 8. The van der Waals surface area contributed by atoms with E-state index in [0.717, 1.165) is 28.4 Å². The molecule has 1 fully saturated rings. The summed E-state index contributed by atoms with van der Waals surface area (Å²) in [7, 11) is 0. The van der Waals surface area contributed by atoms with Crippen LogP contribution in [0, 0.1) is 28.1 Å². The Balaban J connectivity index is 2.45. The van der Waals surface area contributed by atoms with E-state index in [0.29, 0.717) is 25.7 Å². The molecule has 6 heteroatoms. The van der Waals surface area contributed by atoms with Gasteiger partial charge in [0.1, 0.15) is 11.3 Å². The second kappa shape index (κ2) is 12.9. The molecule has 2 aliphatic carbocycles. The number of aliphatic hydroxyl groups is 2. The summed E-state index contributed by atoms with van der Waals surface area (Å²) in [5.74, 6) is -2.84. The number of ketones is 2. The van der Waals surface area contributed by atoms with Crippen LogP contribution in [0.25, 0.3) is 0 Å². The minimum Gasteiger partial charge on any atom is -0.511 e. The number of phenolic OH excluding ortho intramolecular Hbond substituents is 2. The summed E-state index contributed by atoms with van der Waals surface area (Å²) in [5.41, 5.74) is 0.276. The van der Waals surface area contributed by atoms with Crippen molar-refractivity contribution >= 4 is 11.6 Å². The average molecular weight is 605 g/mol. The van der Waals surface area contributed by atoms with Crippen LogP contribution in [0.15, 0.2) is 76.6 Å². The van der Waals surface area contributed by atoms with Crippen molar-refractivity contribution in [1.82, 2.24) is 0 Å². The highest BCUT2D eigenvalue weighted by Crippen LogP contribution is 2.69. The van der Waals surface area contributed by atoms with Crippen molar-refractivity contribution in [2.45, 2.75) is 101 Å². The van der Waals surface area contributed by atoms with E-state index < -0.39 is 45.4 Å². The highest BCUT2D eigenvalue weighted by molar-refractivity contribution is 6.29. The molecule has 2 aliphatic rings. The Morgan fingerprint density at radius 1 is 0.955 bits per heavy atom. The zero-order valence-electron chi connectivity index (χ0n) is 28.0. The molecule has 0 saturated heterocycles. The van der Waals surface area contributed by atoms with Gasteiger partial charge in [0.15, 0.2) is 23.1 Å². The van der Waals surface area contributed by atoms with Crippen molar-refractivity contribution in [2.75, 3.05) is 0 Å². The Bertz CT molecular complexity index is 1440. The molecule has 6 nitrogen and oxygen atoms in total. The molecule has 0 radical (unpaired) electrons. The van der Waals surface area contributed by atoms with Gasteiger partial charge in [0.25, 0.3) is 0 Å². The first kappa shape index (κ1) is 35.1. The number of carbonyl (C=O) groups is 2. The summed E-state index contributed by atoms with van der Waals surface area (Å²) < 4.78 is 0. The van der Waals surface area contributed by atoms with Gasteiger partial charge in [0.2, 0.25) is 0 Å². The summed E-state index contributed by atoms with van der Waals surface area (Å²) in [6.07, 6.45) is 7.13. The molecule has 1 aromatic rings. The van der Waals surface area contributed by atoms with Gasteiger partial charge in [0.05, 0.1) is 16.9 Å². The number of aliphatic hydroxyl groups excluding tert-OH is 2. The quantitative estimate of drug-likeness (QED) is 0.0869. The fourth-order valence-electron chi connectivity index (χ4n) is 7.39. The lowest BCUT2D eigenvalue weighted by Crippen LogP contribution is -2.69. The Labute approximate surface area is 263 Å². The first-order chi connectivity index (χ1) is 20.3. The van der Waals surface area contributed by atoms with Crippen molar-refractivity contribution in [3.8, 4) is 11.5 Å². The molecule has 2 bridgehead atoms. The molecule has 0 spiro atoms. The van der Waals surface area contributed by atoms with Crippen LogP contribution in [0.3, 0.4) is 0 Å². The van der Waals surface area contributed by atoms with Crippen LogP contribution in [0.5, 0.6) is 11.5 Å². The van der Waals surface area contributed by atoms with Gasteiger partial charge in [-0.25, -0.2) is 0 Å². The Morgan fingerprint density at radius 2 is 1.55 bits per heavy atom. The normalized spacial score (nSPS) is 26.5. The summed E-state index contributed by atoms with van der Waals surface area (Å²) >= 11 is 0. The lowest BCUT2D eigenvalue weighted by molar-refractivity contribution is -0.204. The number of fused-ring (bicyclic) bond motifs is 2. The van der Waals surface area contributed by atoms with Gasteiger partial charge < -0.3 is 20.4 Å². The van der Waals surface area contributed by atoms with Gasteiger partial charge in [-0.05, 0) is 116 Å². The smallest absolute Gasteiger partial charge is 0.200 e. The van der Waals surface area contributed by atoms with Gasteiger partial charge in [-0.3, -0.25) is 9.59 Å². The van der Waals surface area contributed by atoms with E-state index in [2.05, 4.69) is 18.7 Å². The number of rotatable bonds is 11. The fourth-order valence-corrected chi connectivity index (χ4v) is 7.39. The summed E-state index contributed by atoms with van der Waals surface area (Å²) in [6, 6.07) is 3.62. The third kappa shape index (κ3) is 6.10. The maximum Gasteiger partial charge on any atom is 0.200 e. The third-order valence-electron chi connectivity index (χ3n) is 10.3. The molecular weight excluding hydrogens is 552 g/mol. The first-order valence-electron chi connectivity index (χ1n) is 15.6. The van der Waals surface area contributed by atoms with Gasteiger partial charge in [-0.2, -0.15) is 0 Å². The Kier molecular flexibility index (Phi) is 10.3. The maximum absolute atomic E-state index is 15.0. The van der Waals surface area contributed by atoms with Crippen molar-refractivity contribution in [3.05, 3.63) is 82.2 Å². The summed E-state index contributed by atoms with van der Waals surface area (Å²) in [6.45, 7) is 22.2. The molecule has 1 aromatic carbocycles. The first-order valence-corrected chi connectivity index (χ1v) is 15.6. The molecule has 0 amide bonds. The van der Waals surface area contributed by atoms with Crippen LogP contribution < -0.4 is 0 Å². The number of carbonyl (C=O) groups excluding carboxylic acids is 2. The zero-order chi connectivity index (χ0) is 33.4. The van der Waals surface area contributed by atoms with Crippen LogP contribution >= 0.6 is 0 Å². The SMILES string of the molecule is C=C(C)C(CC=C(C)C)CC12CC(CC=C(C)C)C(C)(C)C(CC=C(C)C)(C(=O)C(C(=O)c3ccc(O)c(O)c3)=C1O)C2O. The number of Topliss-reactive ketones (excluding diaryl/α,β-unsaturated/α-hetero) is 2. The molecule has 5 atom stereocenters. The topological polar surface area (TPSA) is 115 Å². The summed E-state index contributed by atoms with van der Waals surface area (Å²) in [4.78, 5) is 29.2. The Morgan fingerprint density at radius 3 is 2.07 bits per heavy atom. The number of benzene rings is 1. The molecule has 0 aliphatic heterocycles. The average Bonchev–Trinajstić information content (AvgIpc) is 2.91. The summed E-state index contributed by atoms with van der Waals surface area (Å²) in [5, 5.41) is 45.0. The second-order valence-corrected chi connectivity index (χ2v) is 14.5. The third-order valence-corrected chi connectivity index (χ3v) is 10.3. The molecule has 5 unspecified atom stereocenters. The Hall–Kier alpha value is -3.38. The minimum absolute atomic E-state index is 0.0305. The van der Waals surface area contributed by atoms with Crippen molar-refractivity contribution in [1.29, 1.82) is 0 Å². The molecule has 44 heavy (non-hydrogen) atoms. The van der Waals surface area contributed by atoms with Crippen LogP contribution in [0.1, 0.15) is 105 Å². The van der Waals surface area contributed by atoms with E-state index in [9.17, 15) is 30.0 Å². The van der Waals surface area contributed by atoms with Crippen LogP contribution in [-0.2, 0) is 4.79 Å². The van der Waals surface area contributed by atoms with E-state index >= 15 is 0 Å². The van der Waals surface area contributed by atoms with Crippen LogP contribution in [-0.4, -0.2) is 38.1 Å². The highest BCUT2D eigenvalue weighted by Gasteiger charge is 2.72. The van der Waals surface area contributed by atoms with E-state index in [1.54, 1.807) is 0 Å². The fraction of sp³-hybridized carbons (Fsp3) is 0.526. The number of hydrogen-bond acceptors (Lipinski definition) is 6. The van der Waals surface area contributed by atoms with Crippen LogP contribution in [0.2, 0.25) is 0 Å². The number of aromatic hydroxyl groups is 2. The molecule has 4 N–H and O–H groups in total. The van der Waals surface area contributed by atoms with Crippen LogP contribution in [0.4, 0.5) is 0 Å². The van der Waals surface area contributed by atoms with E-state index in [1.165, 1.54) is 12.1 Å². The maximum atomic E-state index is 15.0. The van der Waals surface area contributed by atoms with Gasteiger partial charge >= 0.3 is 0 Å². The number of phenols is 2. The van der Waals surface area contributed by atoms with E-state index in [1.807, 2.05) is 68.4 Å². The molecule has 0 heterocycles. The monoisotopic (exact) mass is 604 g/mol. The van der Waals surface area contributed by atoms with E-state index in [4.69, 9.17) is 0 Å². The molecule has 240 valence electrons. The van der Waals surface area contributed by atoms with Crippen molar-refractivity contribution in [3.63, 3.8) is 0 Å². The second-order valence-electron chi connectivity index (χ2n) is 14.5. The predicted octanol–water partition coefficient (Wildman–Crippen LogP) is 8.71. The molecular formula is C38H52O6. The van der Waals surface area contributed by atoms with E-state index in [-0.39, 0.29) is 35.2 Å². The lowest BCUT2D eigenvalue weighted by atomic mass is 9.38. The van der Waals surface area contributed by atoms with Crippen molar-refractivity contribution < 1.29 is 30.0 Å². The molecule has 3 rings (SSSR count). The van der Waals surface area contributed by atoms with Gasteiger partial charge in [-0.15, -0.1) is 0 Å². The number of hydrogen-bond donors (Lipinski definition) is 4. The standard InChI is InChI=1S/C38H52O6/c1-22(2)11-13-27(25(7)8)20-37-21-28(15-12-23(3)4)36(9,10)38(35(37)44,18-17-24(5)6)34(43)31(33(37)42)32(41)26-14-16-29(39)30(40)19-26/h11-12,14,16-17,19,27-28,35,39-40,42,44H,7,13,15,18,20-21H2,1-6,8-10H3. The largest absolute Gasteiger partial charge is 0.511 e. The zero-order valence-corrected chi connectivity index (χ0v) is 28.0. The van der Waals surface area contributed by atoms with Crippen molar-refractivity contribution in [2.24, 2.45) is 28.1 Å². The molecule has 1 saturated carbocycles. The molecule has 0 aromatic heterocycles. The van der Waals surface area contributed by atoms with Gasteiger partial charge in [0, 0.05) is 5.56 Å². The minimum atomic E-state index is -1.42. The predicted molar refractivity (Wildman–Crippen MR) is 177 cm³/mol. The highest BCUT2D eigenvalue weighted by atomic mass is 16.3. The van der Waals surface area contributed by atoms with Gasteiger partial charge in [-0.1, -0.05) is 60.9 Å². The lowest BCUT2D eigenvalue weighted by Gasteiger charge is -2.65.